The number of aryl methyl sites for hydroxylation is 2. The lowest BCUT2D eigenvalue weighted by molar-refractivity contribution is -0.125. The van der Waals surface area contributed by atoms with Crippen molar-refractivity contribution in [2.75, 3.05) is 5.32 Å². The predicted octanol–water partition coefficient (Wildman–Crippen LogP) is 7.84. The minimum Gasteiger partial charge on any atom is -0.301 e. The Bertz CT molecular complexity index is 1610. The van der Waals surface area contributed by atoms with E-state index in [-0.39, 0.29) is 19.3 Å². The molecule has 3 heterocycles. The molecule has 0 saturated heterocycles. The smallest absolute Gasteiger partial charge is 0.233 e. The van der Waals surface area contributed by atoms with Gasteiger partial charge in [0.2, 0.25) is 5.91 Å². The van der Waals surface area contributed by atoms with E-state index in [2.05, 4.69) is 77.7 Å². The van der Waals surface area contributed by atoms with Gasteiger partial charge in [0.1, 0.15) is 0 Å². The van der Waals surface area contributed by atoms with E-state index >= 15 is 0 Å². The van der Waals surface area contributed by atoms with Crippen LogP contribution in [0.15, 0.2) is 78.4 Å². The van der Waals surface area contributed by atoms with Crippen molar-refractivity contribution >= 4 is 33.7 Å². The molecule has 198 valence electrons. The third-order valence-electron chi connectivity index (χ3n) is 7.41. The average molecular weight is 553 g/mol. The Hall–Kier alpha value is -3.68. The summed E-state index contributed by atoms with van der Waals surface area (Å²) in [5.41, 5.74) is 7.29. The van der Waals surface area contributed by atoms with E-state index in [1.807, 2.05) is 24.4 Å². The van der Waals surface area contributed by atoms with E-state index in [0.717, 1.165) is 27.5 Å². The number of carbonyl (C=O) groups is 1. The summed E-state index contributed by atoms with van der Waals surface area (Å²) in [5, 5.41) is 6.88. The highest BCUT2D eigenvalue weighted by Gasteiger charge is 2.50. The van der Waals surface area contributed by atoms with Crippen LogP contribution in [0.4, 0.5) is 5.13 Å². The van der Waals surface area contributed by atoms with Gasteiger partial charge in [-0.3, -0.25) is 9.78 Å². The monoisotopic (exact) mass is 552 g/mol. The fourth-order valence-electron chi connectivity index (χ4n) is 5.53. The molecule has 0 saturated carbocycles. The van der Waals surface area contributed by atoms with E-state index < -0.39 is 5.41 Å². The molecule has 0 bridgehead atoms. The van der Waals surface area contributed by atoms with Crippen LogP contribution in [-0.2, 0) is 17.6 Å². The van der Waals surface area contributed by atoms with Gasteiger partial charge in [0.15, 0.2) is 5.13 Å². The van der Waals surface area contributed by atoms with Crippen molar-refractivity contribution < 1.29 is 4.79 Å². The van der Waals surface area contributed by atoms with Crippen molar-refractivity contribution in [3.63, 3.8) is 0 Å². The Morgan fingerprint density at radius 2 is 1.72 bits per heavy atom. The number of anilines is 1. The summed E-state index contributed by atoms with van der Waals surface area (Å²) in [5.74, 6) is -0.0185. The van der Waals surface area contributed by atoms with Crippen LogP contribution in [0.3, 0.4) is 0 Å². The number of carbonyl (C=O) groups excluding carboxylic acids is 1. The summed E-state index contributed by atoms with van der Waals surface area (Å²) >= 11 is 3.18. The second kappa shape index (κ2) is 10.8. The summed E-state index contributed by atoms with van der Waals surface area (Å²) in [4.78, 5) is 28.6. The molecule has 1 N–H and O–H groups in total. The average Bonchev–Trinajstić information content (AvgIpc) is 3.59. The van der Waals surface area contributed by atoms with Crippen molar-refractivity contribution in [2.45, 2.75) is 47.0 Å². The van der Waals surface area contributed by atoms with Gasteiger partial charge in [-0.1, -0.05) is 56.0 Å². The second-order valence-corrected chi connectivity index (χ2v) is 12.2. The Morgan fingerprint density at radius 1 is 1.00 bits per heavy atom. The maximum absolute atomic E-state index is 13.9. The van der Waals surface area contributed by atoms with E-state index in [1.54, 1.807) is 23.7 Å². The predicted molar refractivity (Wildman–Crippen MR) is 162 cm³/mol. The van der Waals surface area contributed by atoms with E-state index in [4.69, 9.17) is 4.98 Å². The first-order valence-electron chi connectivity index (χ1n) is 12.7. The zero-order chi connectivity index (χ0) is 26.3. The van der Waals surface area contributed by atoms with Crippen LogP contribution in [0.2, 0.25) is 0 Å². The van der Waals surface area contributed by atoms with Gasteiger partial charge in [0.25, 0.3) is 0 Å². The third kappa shape index (κ3) is 5.16. The summed E-state index contributed by atoms with van der Waals surface area (Å²) in [6, 6.07) is 21.0. The van der Waals surface area contributed by atoms with Gasteiger partial charge in [-0.2, -0.15) is 0 Å². The van der Waals surface area contributed by atoms with Crippen LogP contribution in [-0.4, -0.2) is 20.9 Å². The van der Waals surface area contributed by atoms with Crippen molar-refractivity contribution in [3.05, 3.63) is 116 Å². The fourth-order valence-corrected chi connectivity index (χ4v) is 7.43. The lowest BCUT2D eigenvalue weighted by atomic mass is 9.75. The second-order valence-electron chi connectivity index (χ2n) is 10.1. The largest absolute Gasteiger partial charge is 0.301 e. The molecule has 6 rings (SSSR count). The molecule has 5 nitrogen and oxygen atoms in total. The SMILES string of the molecule is C.Cc1nc(C)c([C@H]2c3ccccc3C[C@@]2(C)C(=O)Nc2nc(Cc3ccc(-c4ccncc4)cc3)cs2)s1. The van der Waals surface area contributed by atoms with Gasteiger partial charge in [0.05, 0.1) is 21.8 Å². The molecule has 1 amide bonds. The van der Waals surface area contributed by atoms with E-state index in [1.165, 1.54) is 32.9 Å². The quantitative estimate of drug-likeness (QED) is 0.233. The maximum Gasteiger partial charge on any atom is 0.233 e. The van der Waals surface area contributed by atoms with Gasteiger partial charge in [-0.15, -0.1) is 22.7 Å². The van der Waals surface area contributed by atoms with Gasteiger partial charge in [-0.25, -0.2) is 9.97 Å². The zero-order valence-corrected chi connectivity index (χ0v) is 23.2. The van der Waals surface area contributed by atoms with Gasteiger partial charge < -0.3 is 5.32 Å². The molecule has 0 fully saturated rings. The highest BCUT2D eigenvalue weighted by molar-refractivity contribution is 7.14. The number of fused-ring (bicyclic) bond motifs is 1. The molecule has 0 unspecified atom stereocenters. The molecule has 0 spiro atoms. The van der Waals surface area contributed by atoms with E-state index in [9.17, 15) is 4.79 Å². The standard InChI is InChI=1S/C31H28N4OS2.CH4/c1-19-28(38-20(2)33-19)27-26-7-5-4-6-24(26)17-31(27,3)29(36)35-30-34-25(18-37-30)16-21-8-10-22(11-9-21)23-12-14-32-15-13-23;/h4-15,18,27H,16-17H2,1-3H3,(H,34,35,36);1H4/t27-,31-;/m1./s1. The Kier molecular flexibility index (Phi) is 7.47. The first-order chi connectivity index (χ1) is 18.4. The first kappa shape index (κ1) is 26.9. The maximum atomic E-state index is 13.9. The molecule has 3 aromatic heterocycles. The summed E-state index contributed by atoms with van der Waals surface area (Å²) in [7, 11) is 0. The van der Waals surface area contributed by atoms with Crippen LogP contribution >= 0.6 is 22.7 Å². The first-order valence-corrected chi connectivity index (χ1v) is 14.4. The van der Waals surface area contributed by atoms with Gasteiger partial charge in [0, 0.05) is 35.0 Å². The number of amides is 1. The molecule has 2 atom stereocenters. The molecular formula is C32H32N4OS2. The number of benzene rings is 2. The number of thiazole rings is 2. The van der Waals surface area contributed by atoms with Crippen molar-refractivity contribution in [2.24, 2.45) is 5.41 Å². The van der Waals surface area contributed by atoms with E-state index in [0.29, 0.717) is 18.0 Å². The number of nitrogens with one attached hydrogen (secondary N) is 1. The van der Waals surface area contributed by atoms with Crippen molar-refractivity contribution in [3.8, 4) is 11.1 Å². The number of pyridine rings is 1. The molecule has 1 aliphatic rings. The highest BCUT2D eigenvalue weighted by Crippen LogP contribution is 2.53. The Labute approximate surface area is 238 Å². The minimum absolute atomic E-state index is 0. The van der Waals surface area contributed by atoms with Gasteiger partial charge in [-0.05, 0) is 67.1 Å². The number of rotatable bonds is 6. The number of hydrogen-bond acceptors (Lipinski definition) is 6. The molecule has 1 aliphatic carbocycles. The zero-order valence-electron chi connectivity index (χ0n) is 21.6. The highest BCUT2D eigenvalue weighted by atomic mass is 32.1. The fraction of sp³-hybridized carbons (Fsp3) is 0.250. The molecule has 0 radical (unpaired) electrons. The molecule has 39 heavy (non-hydrogen) atoms. The molecule has 2 aromatic carbocycles. The topological polar surface area (TPSA) is 67.8 Å². The van der Waals surface area contributed by atoms with Crippen molar-refractivity contribution in [1.29, 1.82) is 0 Å². The Morgan fingerprint density at radius 3 is 2.44 bits per heavy atom. The number of hydrogen-bond donors (Lipinski definition) is 1. The van der Waals surface area contributed by atoms with Crippen LogP contribution in [0, 0.1) is 19.3 Å². The summed E-state index contributed by atoms with van der Waals surface area (Å²) in [6.07, 6.45) is 5.02. The normalized spacial score (nSPS) is 17.9. The third-order valence-corrected chi connectivity index (χ3v) is 9.35. The number of aromatic nitrogens is 3. The van der Waals surface area contributed by atoms with Crippen LogP contribution in [0.25, 0.3) is 11.1 Å². The van der Waals surface area contributed by atoms with Crippen LogP contribution in [0.1, 0.15) is 58.2 Å². The summed E-state index contributed by atoms with van der Waals surface area (Å²) < 4.78 is 0. The minimum atomic E-state index is -0.623. The lowest BCUT2D eigenvalue weighted by Crippen LogP contribution is -2.37. The van der Waals surface area contributed by atoms with Gasteiger partial charge >= 0.3 is 0 Å². The molecular weight excluding hydrogens is 521 g/mol. The molecule has 0 aliphatic heterocycles. The molecule has 5 aromatic rings. The molecule has 7 heteroatoms. The van der Waals surface area contributed by atoms with Crippen LogP contribution in [0.5, 0.6) is 0 Å². The lowest BCUT2D eigenvalue weighted by Gasteiger charge is -2.30. The number of nitrogens with zero attached hydrogens (tertiary/aromatic N) is 3. The van der Waals surface area contributed by atoms with Crippen molar-refractivity contribution in [1.82, 2.24) is 15.0 Å². The van der Waals surface area contributed by atoms with Crippen LogP contribution < -0.4 is 5.32 Å². The summed E-state index contributed by atoms with van der Waals surface area (Å²) in [6.45, 7) is 6.17. The Balaban J connectivity index is 0.00000308.